The highest BCUT2D eigenvalue weighted by Crippen LogP contribution is 2.25. The first-order valence-electron chi connectivity index (χ1n) is 5.98. The lowest BCUT2D eigenvalue weighted by Gasteiger charge is -2.29. The summed E-state index contributed by atoms with van der Waals surface area (Å²) in [7, 11) is 5.40. The van der Waals surface area contributed by atoms with Crippen molar-refractivity contribution in [1.82, 2.24) is 5.32 Å². The molecule has 1 aromatic carbocycles. The van der Waals surface area contributed by atoms with Crippen molar-refractivity contribution in [3.63, 3.8) is 0 Å². The Hall–Kier alpha value is -1.06. The molecule has 0 radical (unpaired) electrons. The summed E-state index contributed by atoms with van der Waals surface area (Å²) in [6.45, 7) is 4.34. The van der Waals surface area contributed by atoms with Crippen LogP contribution in [0.5, 0.6) is 5.75 Å². The zero-order chi connectivity index (χ0) is 12.8. The van der Waals surface area contributed by atoms with E-state index in [0.29, 0.717) is 5.92 Å². The van der Waals surface area contributed by atoms with Crippen LogP contribution in [0, 0.1) is 5.92 Å². The fraction of sp³-hybridized carbons (Fsp3) is 0.571. The maximum Gasteiger partial charge on any atom is 0.118 e. The molecule has 0 aromatic heterocycles. The van der Waals surface area contributed by atoms with Crippen molar-refractivity contribution in [1.29, 1.82) is 0 Å². The second-order valence-electron chi connectivity index (χ2n) is 4.48. The summed E-state index contributed by atoms with van der Waals surface area (Å²) in [5.41, 5.74) is 1.22. The van der Waals surface area contributed by atoms with E-state index in [0.717, 1.165) is 5.75 Å². The molecule has 0 heterocycles. The molecule has 1 N–H and O–H groups in total. The van der Waals surface area contributed by atoms with E-state index in [1.807, 2.05) is 19.2 Å². The number of ether oxygens (including phenoxy) is 2. The molecule has 0 spiro atoms. The highest BCUT2D eigenvalue weighted by molar-refractivity contribution is 5.29. The van der Waals surface area contributed by atoms with Gasteiger partial charge in [-0.05, 0) is 30.7 Å². The van der Waals surface area contributed by atoms with Crippen molar-refractivity contribution >= 4 is 0 Å². The number of nitrogens with one attached hydrogen (secondary N) is 1. The second-order valence-corrected chi connectivity index (χ2v) is 4.48. The van der Waals surface area contributed by atoms with Gasteiger partial charge in [-0.15, -0.1) is 0 Å². The van der Waals surface area contributed by atoms with Gasteiger partial charge in [-0.3, -0.25) is 0 Å². The molecule has 0 bridgehead atoms. The summed E-state index contributed by atoms with van der Waals surface area (Å²) in [6.07, 6.45) is 0.161. The van der Waals surface area contributed by atoms with Crippen LogP contribution in [0.4, 0.5) is 0 Å². The van der Waals surface area contributed by atoms with Crippen molar-refractivity contribution < 1.29 is 9.47 Å². The largest absolute Gasteiger partial charge is 0.497 e. The Labute approximate surface area is 104 Å². The summed E-state index contributed by atoms with van der Waals surface area (Å²) < 4.78 is 10.7. The zero-order valence-electron chi connectivity index (χ0n) is 11.4. The molecule has 3 heteroatoms. The Morgan fingerprint density at radius 2 is 1.65 bits per heavy atom. The van der Waals surface area contributed by atoms with Crippen molar-refractivity contribution in [2.45, 2.75) is 26.0 Å². The van der Waals surface area contributed by atoms with E-state index < -0.39 is 0 Å². The second kappa shape index (κ2) is 6.62. The number of methoxy groups -OCH3 is 2. The van der Waals surface area contributed by atoms with E-state index in [9.17, 15) is 0 Å². The van der Waals surface area contributed by atoms with Crippen LogP contribution in [0.3, 0.4) is 0 Å². The Morgan fingerprint density at radius 3 is 2.00 bits per heavy atom. The average molecular weight is 237 g/mol. The Bertz CT molecular complexity index is 321. The van der Waals surface area contributed by atoms with Crippen LogP contribution in [-0.2, 0) is 4.74 Å². The fourth-order valence-corrected chi connectivity index (χ4v) is 2.13. The summed E-state index contributed by atoms with van der Waals surface area (Å²) in [5.74, 6) is 1.33. The quantitative estimate of drug-likeness (QED) is 0.825. The van der Waals surface area contributed by atoms with Gasteiger partial charge < -0.3 is 14.8 Å². The molecule has 0 aliphatic rings. The lowest BCUT2D eigenvalue weighted by molar-refractivity contribution is 0.0348. The molecule has 1 rings (SSSR count). The van der Waals surface area contributed by atoms with Gasteiger partial charge >= 0.3 is 0 Å². The number of likely N-dealkylation sites (N-methyl/N-ethyl adjacent to an activating group) is 1. The minimum absolute atomic E-state index is 0.161. The van der Waals surface area contributed by atoms with Crippen LogP contribution in [0.25, 0.3) is 0 Å². The standard InChI is InChI=1S/C14H23NO2/c1-10(2)14(17-5)13(15-3)11-6-8-12(16-4)9-7-11/h6-10,13-15H,1-5H3. The van der Waals surface area contributed by atoms with Gasteiger partial charge in [0.1, 0.15) is 5.75 Å². The van der Waals surface area contributed by atoms with Gasteiger partial charge in [0.2, 0.25) is 0 Å². The molecule has 96 valence electrons. The van der Waals surface area contributed by atoms with Crippen LogP contribution < -0.4 is 10.1 Å². The van der Waals surface area contributed by atoms with E-state index >= 15 is 0 Å². The van der Waals surface area contributed by atoms with Gasteiger partial charge in [0, 0.05) is 7.11 Å². The molecule has 1 aromatic rings. The van der Waals surface area contributed by atoms with Crippen LogP contribution in [0.2, 0.25) is 0 Å². The van der Waals surface area contributed by atoms with Gasteiger partial charge in [0.15, 0.2) is 0 Å². The van der Waals surface area contributed by atoms with Crippen molar-refractivity contribution in [2.75, 3.05) is 21.3 Å². The number of rotatable bonds is 6. The summed E-state index contributed by atoms with van der Waals surface area (Å²) in [4.78, 5) is 0. The molecule has 0 fully saturated rings. The van der Waals surface area contributed by atoms with Gasteiger partial charge in [-0.1, -0.05) is 26.0 Å². The Morgan fingerprint density at radius 1 is 1.06 bits per heavy atom. The molecule has 0 saturated heterocycles. The topological polar surface area (TPSA) is 30.5 Å². The fourth-order valence-electron chi connectivity index (χ4n) is 2.13. The van der Waals surface area contributed by atoms with Crippen LogP contribution in [0.15, 0.2) is 24.3 Å². The highest BCUT2D eigenvalue weighted by atomic mass is 16.5. The molecule has 2 atom stereocenters. The first kappa shape index (κ1) is 14.0. The maximum absolute atomic E-state index is 5.58. The highest BCUT2D eigenvalue weighted by Gasteiger charge is 2.24. The number of hydrogen-bond donors (Lipinski definition) is 1. The molecule has 0 amide bonds. The first-order valence-corrected chi connectivity index (χ1v) is 5.98. The SMILES string of the molecule is CNC(c1ccc(OC)cc1)C(OC)C(C)C. The summed E-state index contributed by atoms with van der Waals surface area (Å²) in [5, 5.41) is 3.32. The van der Waals surface area contributed by atoms with Crippen LogP contribution >= 0.6 is 0 Å². The van der Waals surface area contributed by atoms with E-state index in [1.165, 1.54) is 5.56 Å². The van der Waals surface area contributed by atoms with Crippen molar-refractivity contribution in [3.05, 3.63) is 29.8 Å². The lowest BCUT2D eigenvalue weighted by Crippen LogP contribution is -2.34. The molecular formula is C14H23NO2. The van der Waals surface area contributed by atoms with Crippen LogP contribution in [-0.4, -0.2) is 27.4 Å². The molecule has 0 saturated carbocycles. The molecule has 3 nitrogen and oxygen atoms in total. The third kappa shape index (κ3) is 3.45. The number of benzene rings is 1. The predicted octanol–water partition coefficient (Wildman–Crippen LogP) is 2.63. The molecule has 2 unspecified atom stereocenters. The van der Waals surface area contributed by atoms with E-state index in [2.05, 4.69) is 31.3 Å². The summed E-state index contributed by atoms with van der Waals surface area (Å²) >= 11 is 0. The van der Waals surface area contributed by atoms with Crippen LogP contribution in [0.1, 0.15) is 25.5 Å². The Balaban J connectivity index is 2.91. The molecular weight excluding hydrogens is 214 g/mol. The smallest absolute Gasteiger partial charge is 0.118 e. The van der Waals surface area contributed by atoms with Gasteiger partial charge in [0.25, 0.3) is 0 Å². The van der Waals surface area contributed by atoms with E-state index in [1.54, 1.807) is 14.2 Å². The van der Waals surface area contributed by atoms with Crippen molar-refractivity contribution in [3.8, 4) is 5.75 Å². The van der Waals surface area contributed by atoms with Gasteiger partial charge in [-0.2, -0.15) is 0 Å². The monoisotopic (exact) mass is 237 g/mol. The minimum Gasteiger partial charge on any atom is -0.497 e. The molecule has 0 aliphatic heterocycles. The van der Waals surface area contributed by atoms with E-state index in [-0.39, 0.29) is 12.1 Å². The van der Waals surface area contributed by atoms with Crippen molar-refractivity contribution in [2.24, 2.45) is 5.92 Å². The first-order chi connectivity index (χ1) is 8.13. The van der Waals surface area contributed by atoms with Gasteiger partial charge in [0.05, 0.1) is 19.3 Å². The predicted molar refractivity (Wildman–Crippen MR) is 70.4 cm³/mol. The Kier molecular flexibility index (Phi) is 5.45. The average Bonchev–Trinajstić information content (AvgIpc) is 2.35. The normalized spacial score (nSPS) is 14.7. The third-order valence-corrected chi connectivity index (χ3v) is 3.04. The van der Waals surface area contributed by atoms with E-state index in [4.69, 9.17) is 9.47 Å². The maximum atomic E-state index is 5.58. The lowest BCUT2D eigenvalue weighted by atomic mass is 9.93. The summed E-state index contributed by atoms with van der Waals surface area (Å²) in [6, 6.07) is 8.31. The zero-order valence-corrected chi connectivity index (χ0v) is 11.4. The van der Waals surface area contributed by atoms with Gasteiger partial charge in [-0.25, -0.2) is 0 Å². The molecule has 0 aliphatic carbocycles. The number of hydrogen-bond acceptors (Lipinski definition) is 3. The third-order valence-electron chi connectivity index (χ3n) is 3.04. The minimum atomic E-state index is 0.161. The molecule has 17 heavy (non-hydrogen) atoms.